The number of unbranched alkanes of at least 4 members (excludes halogenated alkanes) is 2. The lowest BCUT2D eigenvalue weighted by Gasteiger charge is -2.20. The molecule has 0 saturated heterocycles. The van der Waals surface area contributed by atoms with E-state index in [1.54, 1.807) is 0 Å². The average molecular weight is 375 g/mol. The van der Waals surface area contributed by atoms with Gasteiger partial charge in [-0.25, -0.2) is 0 Å². The molecule has 0 N–H and O–H groups in total. The summed E-state index contributed by atoms with van der Waals surface area (Å²) in [5, 5.41) is 0. The molecular formula is C23H34O4. The number of hydrogen-bond donors (Lipinski definition) is 0. The lowest BCUT2D eigenvalue weighted by Crippen LogP contribution is -2.24. The first-order valence-corrected chi connectivity index (χ1v) is 10.4. The van der Waals surface area contributed by atoms with Crippen LogP contribution >= 0.6 is 0 Å². The molecule has 4 nitrogen and oxygen atoms in total. The van der Waals surface area contributed by atoms with Crippen LogP contribution in [0.2, 0.25) is 0 Å². The number of carbonyl (C=O) groups is 1. The Morgan fingerprint density at radius 3 is 2.26 bits per heavy atom. The zero-order chi connectivity index (χ0) is 19.3. The predicted molar refractivity (Wildman–Crippen MR) is 107 cm³/mol. The third-order valence-corrected chi connectivity index (χ3v) is 4.61. The van der Waals surface area contributed by atoms with Crippen LogP contribution in [0.3, 0.4) is 0 Å². The molecule has 0 spiro atoms. The Morgan fingerprint density at radius 2 is 1.63 bits per heavy atom. The van der Waals surface area contributed by atoms with Crippen molar-refractivity contribution in [2.75, 3.05) is 19.8 Å². The molecule has 1 aliphatic rings. The molecule has 2 rings (SSSR count). The molecule has 1 atom stereocenters. The van der Waals surface area contributed by atoms with Crippen LogP contribution in [-0.2, 0) is 25.6 Å². The van der Waals surface area contributed by atoms with Gasteiger partial charge in [-0.1, -0.05) is 57.0 Å². The number of rotatable bonds is 14. The first kappa shape index (κ1) is 21.5. The van der Waals surface area contributed by atoms with Crippen LogP contribution < -0.4 is 0 Å². The molecule has 0 radical (unpaired) electrons. The average Bonchev–Trinajstić information content (AvgIpc) is 3.52. The maximum absolute atomic E-state index is 12.7. The topological polar surface area (TPSA) is 44.8 Å². The summed E-state index contributed by atoms with van der Waals surface area (Å²) < 4.78 is 17.4. The Morgan fingerprint density at radius 1 is 0.963 bits per heavy atom. The molecule has 4 heteroatoms. The fourth-order valence-electron chi connectivity index (χ4n) is 2.82. The van der Waals surface area contributed by atoms with Crippen LogP contribution in [0.15, 0.2) is 41.7 Å². The van der Waals surface area contributed by atoms with Crippen molar-refractivity contribution in [3.05, 3.63) is 47.2 Å². The summed E-state index contributed by atoms with van der Waals surface area (Å²) in [5.74, 6) is 0.345. The smallest absolute Gasteiger partial charge is 0.316 e. The molecule has 0 amide bonds. The number of esters is 1. The molecule has 0 aliphatic heterocycles. The second-order valence-electron chi connectivity index (χ2n) is 7.07. The van der Waals surface area contributed by atoms with Crippen molar-refractivity contribution >= 4 is 5.97 Å². The van der Waals surface area contributed by atoms with Crippen LogP contribution in [0, 0.1) is 5.92 Å². The zero-order valence-electron chi connectivity index (χ0n) is 16.9. The number of benzene rings is 1. The van der Waals surface area contributed by atoms with E-state index >= 15 is 0 Å². The summed E-state index contributed by atoms with van der Waals surface area (Å²) in [6.07, 6.45) is 6.65. The highest BCUT2D eigenvalue weighted by atomic mass is 16.5. The molecule has 0 bridgehead atoms. The number of carbonyl (C=O) groups excluding carboxylic acids is 1. The minimum Gasteiger partial charge on any atom is -0.497 e. The number of ether oxygens (including phenoxy) is 3. The van der Waals surface area contributed by atoms with E-state index in [0.29, 0.717) is 32.8 Å². The van der Waals surface area contributed by atoms with Gasteiger partial charge in [0.2, 0.25) is 0 Å². The van der Waals surface area contributed by atoms with Crippen molar-refractivity contribution in [2.24, 2.45) is 5.92 Å². The molecule has 150 valence electrons. The van der Waals surface area contributed by atoms with Gasteiger partial charge in [0.25, 0.3) is 0 Å². The summed E-state index contributed by atoms with van der Waals surface area (Å²) >= 11 is 0. The van der Waals surface area contributed by atoms with Gasteiger partial charge in [-0.05, 0) is 43.2 Å². The summed E-state index contributed by atoms with van der Waals surface area (Å²) in [7, 11) is 0. The van der Waals surface area contributed by atoms with E-state index < -0.39 is 0 Å². The highest BCUT2D eigenvalue weighted by Crippen LogP contribution is 2.37. The van der Waals surface area contributed by atoms with Gasteiger partial charge in [0.15, 0.2) is 0 Å². The fraction of sp³-hybridized carbons (Fsp3) is 0.609. The quantitative estimate of drug-likeness (QED) is 0.248. The second-order valence-corrected chi connectivity index (χ2v) is 7.07. The normalized spacial score (nSPS) is 13.9. The van der Waals surface area contributed by atoms with Crippen LogP contribution in [0.5, 0.6) is 0 Å². The predicted octanol–water partition coefficient (Wildman–Crippen LogP) is 5.42. The van der Waals surface area contributed by atoms with E-state index in [0.717, 1.165) is 49.8 Å². The molecule has 0 aromatic heterocycles. The van der Waals surface area contributed by atoms with Crippen molar-refractivity contribution < 1.29 is 19.0 Å². The van der Waals surface area contributed by atoms with Gasteiger partial charge in [0, 0.05) is 6.61 Å². The van der Waals surface area contributed by atoms with Gasteiger partial charge in [-0.3, -0.25) is 4.79 Å². The monoisotopic (exact) mass is 374 g/mol. The Bertz CT molecular complexity index is 573. The van der Waals surface area contributed by atoms with Crippen LogP contribution in [0.4, 0.5) is 0 Å². The summed E-state index contributed by atoms with van der Waals surface area (Å²) in [5.41, 5.74) is 2.41. The van der Waals surface area contributed by atoms with Gasteiger partial charge >= 0.3 is 5.97 Å². The van der Waals surface area contributed by atoms with Crippen LogP contribution in [0.1, 0.15) is 64.4 Å². The molecule has 1 aliphatic carbocycles. The third kappa shape index (κ3) is 8.17. The third-order valence-electron chi connectivity index (χ3n) is 4.61. The lowest BCUT2D eigenvalue weighted by molar-refractivity contribution is -0.149. The molecular weight excluding hydrogens is 340 g/mol. The van der Waals surface area contributed by atoms with Gasteiger partial charge < -0.3 is 14.2 Å². The summed E-state index contributed by atoms with van der Waals surface area (Å²) in [6, 6.07) is 10.1. The molecule has 27 heavy (non-hydrogen) atoms. The van der Waals surface area contributed by atoms with Gasteiger partial charge in [-0.15, -0.1) is 0 Å². The first-order chi connectivity index (χ1) is 13.3. The standard InChI is InChI=1S/C23H34O4/c1-3-5-15-26-22(20-12-13-20)21(23(24)27-16-6-4-2)14-17-25-18-19-10-8-7-9-11-19/h7-11,21H,3-6,12-18H2,1-2H3. The molecule has 1 unspecified atom stereocenters. The molecule has 1 aromatic carbocycles. The summed E-state index contributed by atoms with van der Waals surface area (Å²) in [6.45, 7) is 6.44. The van der Waals surface area contributed by atoms with Crippen molar-refractivity contribution in [1.82, 2.24) is 0 Å². The van der Waals surface area contributed by atoms with E-state index in [2.05, 4.69) is 13.8 Å². The highest BCUT2D eigenvalue weighted by Gasteiger charge is 2.32. The van der Waals surface area contributed by atoms with Crippen molar-refractivity contribution in [3.63, 3.8) is 0 Å². The Hall–Kier alpha value is -1.81. The number of allylic oxidation sites excluding steroid dienone is 1. The lowest BCUT2D eigenvalue weighted by atomic mass is 10.0. The maximum Gasteiger partial charge on any atom is 0.316 e. The minimum atomic E-state index is -0.341. The second kappa shape index (κ2) is 12.6. The van der Waals surface area contributed by atoms with Crippen LogP contribution in [-0.4, -0.2) is 25.8 Å². The Labute approximate surface area is 163 Å². The first-order valence-electron chi connectivity index (χ1n) is 10.4. The Kier molecular flexibility index (Phi) is 9.99. The van der Waals surface area contributed by atoms with Gasteiger partial charge in [-0.2, -0.15) is 0 Å². The van der Waals surface area contributed by atoms with Gasteiger partial charge in [0.05, 0.1) is 19.8 Å². The van der Waals surface area contributed by atoms with E-state index in [1.165, 1.54) is 5.57 Å². The maximum atomic E-state index is 12.7. The molecule has 1 aromatic rings. The van der Waals surface area contributed by atoms with Crippen molar-refractivity contribution in [1.29, 1.82) is 0 Å². The van der Waals surface area contributed by atoms with E-state index in [9.17, 15) is 4.79 Å². The highest BCUT2D eigenvalue weighted by molar-refractivity contribution is 5.75. The van der Waals surface area contributed by atoms with E-state index in [1.807, 2.05) is 30.3 Å². The van der Waals surface area contributed by atoms with Crippen molar-refractivity contribution in [2.45, 2.75) is 65.4 Å². The Balaban J connectivity index is 1.91. The van der Waals surface area contributed by atoms with Crippen molar-refractivity contribution in [3.8, 4) is 0 Å². The summed E-state index contributed by atoms with van der Waals surface area (Å²) in [4.78, 5) is 12.7. The van der Waals surface area contributed by atoms with Crippen LogP contribution in [0.25, 0.3) is 0 Å². The zero-order valence-corrected chi connectivity index (χ0v) is 16.9. The van der Waals surface area contributed by atoms with Gasteiger partial charge in [0.1, 0.15) is 11.7 Å². The SMILES string of the molecule is CCCCOC(=O)C(CCOCc1ccccc1)C(OCCCC)=C1CC1. The van der Waals surface area contributed by atoms with E-state index in [4.69, 9.17) is 14.2 Å². The minimum absolute atomic E-state index is 0.169. The molecule has 0 heterocycles. The fourth-order valence-corrected chi connectivity index (χ4v) is 2.82. The molecule has 1 saturated carbocycles. The largest absolute Gasteiger partial charge is 0.497 e. The van der Waals surface area contributed by atoms with E-state index in [-0.39, 0.29) is 11.9 Å². The molecule has 1 fully saturated rings. The number of hydrogen-bond acceptors (Lipinski definition) is 4.